The first kappa shape index (κ1) is 18.5. The summed E-state index contributed by atoms with van der Waals surface area (Å²) >= 11 is 12.8. The van der Waals surface area contributed by atoms with Crippen molar-refractivity contribution in [2.45, 2.75) is 38.2 Å². The molecular weight excluding hydrogens is 367 g/mol. The summed E-state index contributed by atoms with van der Waals surface area (Å²) < 4.78 is 10.8. The lowest BCUT2D eigenvalue weighted by atomic mass is 9.85. The molecular formula is C17H20Cl2N2O4. The quantitative estimate of drug-likeness (QED) is 0.636. The summed E-state index contributed by atoms with van der Waals surface area (Å²) in [6.07, 6.45) is 0. The molecule has 1 aromatic carbocycles. The van der Waals surface area contributed by atoms with E-state index in [-0.39, 0.29) is 5.91 Å². The highest BCUT2D eigenvalue weighted by Crippen LogP contribution is 2.65. The first-order valence-corrected chi connectivity index (χ1v) is 8.79. The van der Waals surface area contributed by atoms with Crippen LogP contribution in [0.2, 0.25) is 10.0 Å². The van der Waals surface area contributed by atoms with E-state index < -0.39 is 29.3 Å². The summed E-state index contributed by atoms with van der Waals surface area (Å²) in [5.74, 6) is -2.63. The van der Waals surface area contributed by atoms with E-state index in [0.717, 1.165) is 0 Å². The molecule has 2 saturated heterocycles. The van der Waals surface area contributed by atoms with Crippen LogP contribution in [0.5, 0.6) is 0 Å². The van der Waals surface area contributed by atoms with Crippen LogP contribution in [0.3, 0.4) is 0 Å². The van der Waals surface area contributed by atoms with Crippen molar-refractivity contribution < 1.29 is 19.1 Å². The molecule has 2 heterocycles. The average Bonchev–Trinajstić information content (AvgIpc) is 3.24. The molecule has 25 heavy (non-hydrogen) atoms. The van der Waals surface area contributed by atoms with Gasteiger partial charge in [-0.1, -0.05) is 36.2 Å². The largest absolute Gasteiger partial charge is 0.468 e. The van der Waals surface area contributed by atoms with Gasteiger partial charge in [0.1, 0.15) is 0 Å². The number of hydrogen-bond donors (Lipinski definition) is 1. The van der Waals surface area contributed by atoms with Crippen LogP contribution in [-0.2, 0) is 19.1 Å². The van der Waals surface area contributed by atoms with E-state index >= 15 is 0 Å². The minimum absolute atomic E-state index is 0.289. The molecule has 2 aliphatic rings. The fraction of sp³-hybridized carbons (Fsp3) is 0.529. The monoisotopic (exact) mass is 386 g/mol. The van der Waals surface area contributed by atoms with Gasteiger partial charge in [-0.15, -0.1) is 0 Å². The Morgan fingerprint density at radius 3 is 2.48 bits per heavy atom. The molecule has 3 rings (SSSR count). The minimum atomic E-state index is -1.21. The van der Waals surface area contributed by atoms with Gasteiger partial charge < -0.3 is 14.8 Å². The highest BCUT2D eigenvalue weighted by atomic mass is 35.5. The first-order chi connectivity index (χ1) is 11.8. The highest BCUT2D eigenvalue weighted by Gasteiger charge is 2.81. The Labute approximate surface area is 156 Å². The van der Waals surface area contributed by atoms with E-state index in [0.29, 0.717) is 22.2 Å². The Hall–Kier alpha value is -1.34. The van der Waals surface area contributed by atoms with Crippen molar-refractivity contribution >= 4 is 35.1 Å². The summed E-state index contributed by atoms with van der Waals surface area (Å²) in [4.78, 5) is 27.2. The second-order valence-electron chi connectivity index (χ2n) is 6.35. The van der Waals surface area contributed by atoms with Crippen molar-refractivity contribution in [2.75, 3.05) is 13.7 Å². The number of amides is 1. The Bertz CT molecular complexity index is 723. The number of esters is 1. The van der Waals surface area contributed by atoms with Gasteiger partial charge in [0.15, 0.2) is 11.4 Å². The number of benzene rings is 1. The van der Waals surface area contributed by atoms with E-state index in [9.17, 15) is 9.59 Å². The zero-order valence-corrected chi connectivity index (χ0v) is 15.9. The number of carbonyl (C=O) groups excluding carboxylic acids is 2. The van der Waals surface area contributed by atoms with Crippen LogP contribution in [0.25, 0.3) is 0 Å². The second-order valence-corrected chi connectivity index (χ2v) is 7.17. The van der Waals surface area contributed by atoms with Crippen molar-refractivity contribution in [1.82, 2.24) is 10.2 Å². The average molecular weight is 387 g/mol. The molecule has 0 aromatic heterocycles. The Morgan fingerprint density at radius 2 is 1.96 bits per heavy atom. The molecule has 0 radical (unpaired) electrons. The summed E-state index contributed by atoms with van der Waals surface area (Å²) in [5, 5.41) is 3.70. The number of rotatable bonds is 4. The number of fused-ring (bicyclic) bond motifs is 1. The van der Waals surface area contributed by atoms with Gasteiger partial charge in [0.05, 0.1) is 19.1 Å². The topological polar surface area (TPSA) is 67.6 Å². The molecule has 8 heteroatoms. The van der Waals surface area contributed by atoms with Gasteiger partial charge in [-0.3, -0.25) is 4.79 Å². The SMILES string of the molecule is CCO[C@]1(C)NC(=O)[C@H](C)[C@]2(C(=O)OC)[C@@H](c3c(Cl)cccc3Cl)N21. The number of methoxy groups -OCH3 is 1. The van der Waals surface area contributed by atoms with Crippen LogP contribution in [-0.4, -0.2) is 41.9 Å². The molecule has 1 aromatic rings. The van der Waals surface area contributed by atoms with Crippen molar-refractivity contribution in [3.63, 3.8) is 0 Å². The summed E-state index contributed by atoms with van der Waals surface area (Å²) in [6.45, 7) is 5.57. The number of ether oxygens (including phenoxy) is 2. The second kappa shape index (κ2) is 6.13. The van der Waals surface area contributed by atoms with E-state index in [2.05, 4.69) is 5.32 Å². The van der Waals surface area contributed by atoms with E-state index in [1.165, 1.54) is 7.11 Å². The molecule has 0 saturated carbocycles. The molecule has 1 amide bonds. The van der Waals surface area contributed by atoms with Gasteiger partial charge in [0.2, 0.25) is 5.91 Å². The van der Waals surface area contributed by atoms with Crippen molar-refractivity contribution in [3.05, 3.63) is 33.8 Å². The smallest absolute Gasteiger partial charge is 0.329 e. The number of hydrogen-bond acceptors (Lipinski definition) is 5. The van der Waals surface area contributed by atoms with Gasteiger partial charge in [0, 0.05) is 22.2 Å². The molecule has 0 aliphatic carbocycles. The molecule has 136 valence electrons. The van der Waals surface area contributed by atoms with Crippen LogP contribution in [0.4, 0.5) is 0 Å². The zero-order chi connectivity index (χ0) is 18.6. The lowest BCUT2D eigenvalue weighted by Crippen LogP contribution is -2.65. The molecule has 0 spiro atoms. The first-order valence-electron chi connectivity index (χ1n) is 8.03. The van der Waals surface area contributed by atoms with Gasteiger partial charge in [0.25, 0.3) is 0 Å². The van der Waals surface area contributed by atoms with Crippen LogP contribution in [0.1, 0.15) is 32.4 Å². The highest BCUT2D eigenvalue weighted by molar-refractivity contribution is 6.36. The van der Waals surface area contributed by atoms with Crippen molar-refractivity contribution in [2.24, 2.45) is 5.92 Å². The molecule has 2 fully saturated rings. The third-order valence-corrected chi connectivity index (χ3v) is 5.74. The van der Waals surface area contributed by atoms with Crippen molar-refractivity contribution in [3.8, 4) is 0 Å². The minimum Gasteiger partial charge on any atom is -0.468 e. The van der Waals surface area contributed by atoms with Crippen molar-refractivity contribution in [1.29, 1.82) is 0 Å². The summed E-state index contributed by atoms with van der Waals surface area (Å²) in [5.41, 5.74) is -0.624. The molecule has 1 N–H and O–H groups in total. The lowest BCUT2D eigenvalue weighted by Gasteiger charge is -2.40. The normalized spacial score (nSPS) is 36.4. The molecule has 0 bridgehead atoms. The fourth-order valence-electron chi connectivity index (χ4n) is 4.01. The van der Waals surface area contributed by atoms with Crippen LogP contribution in [0.15, 0.2) is 18.2 Å². The lowest BCUT2D eigenvalue weighted by molar-refractivity contribution is -0.182. The fourth-order valence-corrected chi connectivity index (χ4v) is 4.61. The maximum absolute atomic E-state index is 12.8. The molecule has 2 aliphatic heterocycles. The zero-order valence-electron chi connectivity index (χ0n) is 14.4. The van der Waals surface area contributed by atoms with E-state index in [1.54, 1.807) is 36.9 Å². The predicted molar refractivity (Wildman–Crippen MR) is 93.1 cm³/mol. The van der Waals surface area contributed by atoms with Crippen LogP contribution >= 0.6 is 23.2 Å². The van der Waals surface area contributed by atoms with Gasteiger partial charge >= 0.3 is 5.97 Å². The maximum atomic E-state index is 12.8. The Balaban J connectivity index is 2.21. The standard InChI is InChI=1S/C17H20Cl2N2O4/c1-5-25-16(3)20-14(22)9(2)17(15(23)24-4)13(21(16)17)12-10(18)7-6-8-11(12)19/h6-9,13H,5H2,1-4H3,(H,20,22)/t9-,13+,16+,17+,21?/m0/s1. The summed E-state index contributed by atoms with van der Waals surface area (Å²) in [7, 11) is 1.30. The molecule has 5 atom stereocenters. The number of carbonyl (C=O) groups is 2. The Kier molecular flexibility index (Phi) is 4.52. The van der Waals surface area contributed by atoms with Gasteiger partial charge in [-0.2, -0.15) is 0 Å². The summed E-state index contributed by atoms with van der Waals surface area (Å²) in [6, 6.07) is 4.61. The number of nitrogens with one attached hydrogen (secondary N) is 1. The molecule has 1 unspecified atom stereocenters. The van der Waals surface area contributed by atoms with Gasteiger partial charge in [-0.25, -0.2) is 9.69 Å². The molecule has 6 nitrogen and oxygen atoms in total. The third kappa shape index (κ3) is 2.39. The number of halogens is 2. The van der Waals surface area contributed by atoms with Gasteiger partial charge in [-0.05, 0) is 26.0 Å². The predicted octanol–water partition coefficient (Wildman–Crippen LogP) is 2.74. The van der Waals surface area contributed by atoms with Crippen LogP contribution in [0, 0.1) is 5.92 Å². The number of nitrogens with zero attached hydrogens (tertiary/aromatic N) is 1. The van der Waals surface area contributed by atoms with E-state index in [4.69, 9.17) is 32.7 Å². The third-order valence-electron chi connectivity index (χ3n) is 5.09. The maximum Gasteiger partial charge on any atom is 0.329 e. The Morgan fingerprint density at radius 1 is 1.36 bits per heavy atom. The van der Waals surface area contributed by atoms with Crippen LogP contribution < -0.4 is 5.32 Å². The van der Waals surface area contributed by atoms with E-state index in [1.807, 2.05) is 6.92 Å².